The van der Waals surface area contributed by atoms with Gasteiger partial charge in [0, 0.05) is 16.8 Å². The average molecular weight is 271 g/mol. The minimum absolute atomic E-state index is 0.275. The van der Waals surface area contributed by atoms with E-state index in [2.05, 4.69) is 9.97 Å². The highest BCUT2D eigenvalue weighted by atomic mass is 19.1. The Hall–Kier alpha value is -1.97. The van der Waals surface area contributed by atoms with E-state index in [-0.39, 0.29) is 5.82 Å². The second-order valence-electron chi connectivity index (χ2n) is 5.38. The van der Waals surface area contributed by atoms with E-state index < -0.39 is 0 Å². The largest absolute Gasteiger partial charge is 0.383 e. The van der Waals surface area contributed by atoms with Gasteiger partial charge < -0.3 is 5.73 Å². The zero-order chi connectivity index (χ0) is 14.1. The van der Waals surface area contributed by atoms with Gasteiger partial charge in [0.05, 0.1) is 0 Å². The normalized spacial score (nSPS) is 14.7. The van der Waals surface area contributed by atoms with E-state index in [0.29, 0.717) is 11.6 Å². The number of anilines is 1. The van der Waals surface area contributed by atoms with Crippen LogP contribution in [0.5, 0.6) is 0 Å². The predicted molar refractivity (Wildman–Crippen MR) is 77.8 cm³/mol. The summed E-state index contributed by atoms with van der Waals surface area (Å²) in [6.45, 7) is 1.93. The van der Waals surface area contributed by atoms with Crippen molar-refractivity contribution < 1.29 is 4.39 Å². The van der Waals surface area contributed by atoms with Gasteiger partial charge in [-0.05, 0) is 50.3 Å². The molecule has 104 valence electrons. The number of nitrogens with zero attached hydrogens (tertiary/aromatic N) is 2. The van der Waals surface area contributed by atoms with Crippen molar-refractivity contribution in [3.8, 4) is 11.4 Å². The number of nitrogens with two attached hydrogens (primary N) is 1. The van der Waals surface area contributed by atoms with E-state index in [1.807, 2.05) is 6.92 Å². The fraction of sp³-hybridized carbons (Fsp3) is 0.375. The van der Waals surface area contributed by atoms with E-state index in [9.17, 15) is 4.39 Å². The molecular weight excluding hydrogens is 253 g/mol. The molecule has 4 heteroatoms. The summed E-state index contributed by atoms with van der Waals surface area (Å²) in [6.07, 6.45) is 5.35. The molecule has 0 bridgehead atoms. The molecule has 3 rings (SSSR count). The maximum atomic E-state index is 13.5. The molecule has 0 fully saturated rings. The summed E-state index contributed by atoms with van der Waals surface area (Å²) in [5.41, 5.74) is 9.90. The summed E-state index contributed by atoms with van der Waals surface area (Å²) in [4.78, 5) is 9.05. The van der Waals surface area contributed by atoms with Gasteiger partial charge >= 0.3 is 0 Å². The van der Waals surface area contributed by atoms with Gasteiger partial charge in [0.1, 0.15) is 11.6 Å². The van der Waals surface area contributed by atoms with Crippen LogP contribution in [0.15, 0.2) is 18.2 Å². The molecule has 1 aromatic carbocycles. The van der Waals surface area contributed by atoms with Gasteiger partial charge in [-0.25, -0.2) is 14.4 Å². The molecule has 20 heavy (non-hydrogen) atoms. The van der Waals surface area contributed by atoms with Crippen molar-refractivity contribution in [2.24, 2.45) is 0 Å². The predicted octanol–water partition coefficient (Wildman–Crippen LogP) is 3.44. The van der Waals surface area contributed by atoms with Gasteiger partial charge in [-0.15, -0.1) is 0 Å². The first-order valence-electron chi connectivity index (χ1n) is 7.07. The average Bonchev–Trinajstić information content (AvgIpc) is 2.67. The van der Waals surface area contributed by atoms with E-state index in [0.717, 1.165) is 48.1 Å². The number of nitrogen functional groups attached to an aromatic ring is 1. The minimum atomic E-state index is -0.275. The van der Waals surface area contributed by atoms with Crippen LogP contribution in [0.25, 0.3) is 11.4 Å². The van der Waals surface area contributed by atoms with Crippen LogP contribution >= 0.6 is 0 Å². The molecule has 2 N–H and O–H groups in total. The van der Waals surface area contributed by atoms with Crippen LogP contribution in [0.1, 0.15) is 36.1 Å². The Labute approximate surface area is 118 Å². The van der Waals surface area contributed by atoms with Crippen molar-refractivity contribution in [1.82, 2.24) is 9.97 Å². The van der Waals surface area contributed by atoms with Crippen molar-refractivity contribution in [2.75, 3.05) is 5.73 Å². The van der Waals surface area contributed by atoms with E-state index in [1.165, 1.54) is 18.6 Å². The summed E-state index contributed by atoms with van der Waals surface area (Å²) in [5.74, 6) is 0.818. The third-order valence-electron chi connectivity index (χ3n) is 3.91. The SMILES string of the molecule is Cc1ccc(F)cc1-c1nc(N)c2c(n1)CCCCC2. The Morgan fingerprint density at radius 3 is 2.75 bits per heavy atom. The number of benzene rings is 1. The van der Waals surface area contributed by atoms with E-state index in [1.54, 1.807) is 6.07 Å². The van der Waals surface area contributed by atoms with Gasteiger partial charge in [0.2, 0.25) is 0 Å². The van der Waals surface area contributed by atoms with Gasteiger partial charge in [0.15, 0.2) is 5.82 Å². The van der Waals surface area contributed by atoms with Crippen molar-refractivity contribution in [3.63, 3.8) is 0 Å². The fourth-order valence-corrected chi connectivity index (χ4v) is 2.76. The lowest BCUT2D eigenvalue weighted by Crippen LogP contribution is -2.07. The second kappa shape index (κ2) is 5.19. The maximum Gasteiger partial charge on any atom is 0.162 e. The highest BCUT2D eigenvalue weighted by Gasteiger charge is 2.16. The third kappa shape index (κ3) is 2.38. The van der Waals surface area contributed by atoms with Crippen LogP contribution in [-0.2, 0) is 12.8 Å². The first kappa shape index (κ1) is 13.0. The van der Waals surface area contributed by atoms with Gasteiger partial charge in [-0.3, -0.25) is 0 Å². The quantitative estimate of drug-likeness (QED) is 0.808. The Morgan fingerprint density at radius 2 is 1.90 bits per heavy atom. The Balaban J connectivity index is 2.13. The lowest BCUT2D eigenvalue weighted by atomic mass is 10.1. The molecule has 0 saturated carbocycles. The fourth-order valence-electron chi connectivity index (χ4n) is 2.76. The first-order chi connectivity index (χ1) is 9.65. The molecule has 3 nitrogen and oxygen atoms in total. The summed E-state index contributed by atoms with van der Waals surface area (Å²) >= 11 is 0. The number of rotatable bonds is 1. The summed E-state index contributed by atoms with van der Waals surface area (Å²) < 4.78 is 13.5. The van der Waals surface area contributed by atoms with Gasteiger partial charge in [0.25, 0.3) is 0 Å². The van der Waals surface area contributed by atoms with Crippen molar-refractivity contribution >= 4 is 5.82 Å². The highest BCUT2D eigenvalue weighted by Crippen LogP contribution is 2.28. The lowest BCUT2D eigenvalue weighted by Gasteiger charge is -2.11. The zero-order valence-electron chi connectivity index (χ0n) is 11.6. The Bertz CT molecular complexity index is 652. The lowest BCUT2D eigenvalue weighted by molar-refractivity contribution is 0.627. The minimum Gasteiger partial charge on any atom is -0.383 e. The first-order valence-corrected chi connectivity index (χ1v) is 7.07. The molecule has 1 aliphatic carbocycles. The molecule has 0 atom stereocenters. The standard InChI is InChI=1S/C16H18FN3/c1-10-7-8-11(17)9-13(10)16-19-14-6-4-2-3-5-12(14)15(18)20-16/h7-9H,2-6H2,1H3,(H2,18,19,20). The number of aromatic nitrogens is 2. The van der Waals surface area contributed by atoms with Crippen LogP contribution in [0, 0.1) is 12.7 Å². The molecule has 2 aromatic rings. The number of hydrogen-bond acceptors (Lipinski definition) is 3. The highest BCUT2D eigenvalue weighted by molar-refractivity contribution is 5.62. The van der Waals surface area contributed by atoms with Crippen LogP contribution in [0.2, 0.25) is 0 Å². The molecule has 0 aliphatic heterocycles. The van der Waals surface area contributed by atoms with Gasteiger partial charge in [-0.2, -0.15) is 0 Å². The van der Waals surface area contributed by atoms with Crippen LogP contribution in [0.3, 0.4) is 0 Å². The van der Waals surface area contributed by atoms with Crippen LogP contribution in [-0.4, -0.2) is 9.97 Å². The van der Waals surface area contributed by atoms with E-state index >= 15 is 0 Å². The molecule has 0 radical (unpaired) electrons. The van der Waals surface area contributed by atoms with E-state index in [4.69, 9.17) is 5.73 Å². The summed E-state index contributed by atoms with van der Waals surface area (Å²) in [6, 6.07) is 4.68. The number of fused-ring (bicyclic) bond motifs is 1. The zero-order valence-corrected chi connectivity index (χ0v) is 11.6. The molecule has 1 aromatic heterocycles. The van der Waals surface area contributed by atoms with Crippen molar-refractivity contribution in [2.45, 2.75) is 39.0 Å². The second-order valence-corrected chi connectivity index (χ2v) is 5.38. The van der Waals surface area contributed by atoms with Crippen LogP contribution < -0.4 is 5.73 Å². The van der Waals surface area contributed by atoms with Gasteiger partial charge in [-0.1, -0.05) is 12.5 Å². The Kier molecular flexibility index (Phi) is 3.38. The topological polar surface area (TPSA) is 51.8 Å². The third-order valence-corrected chi connectivity index (χ3v) is 3.91. The number of halogens is 1. The van der Waals surface area contributed by atoms with Crippen LogP contribution in [0.4, 0.5) is 10.2 Å². The van der Waals surface area contributed by atoms with Crippen molar-refractivity contribution in [3.05, 3.63) is 40.8 Å². The molecule has 1 heterocycles. The molecule has 0 unspecified atom stereocenters. The van der Waals surface area contributed by atoms with Crippen molar-refractivity contribution in [1.29, 1.82) is 0 Å². The summed E-state index contributed by atoms with van der Waals surface area (Å²) in [5, 5.41) is 0. The molecular formula is C16H18FN3. The molecule has 0 amide bonds. The maximum absolute atomic E-state index is 13.5. The molecule has 0 saturated heterocycles. The number of aryl methyl sites for hydroxylation is 2. The Morgan fingerprint density at radius 1 is 1.10 bits per heavy atom. The summed E-state index contributed by atoms with van der Waals surface area (Å²) in [7, 11) is 0. The molecule has 1 aliphatic rings. The smallest absolute Gasteiger partial charge is 0.162 e. The monoisotopic (exact) mass is 271 g/mol. The molecule has 0 spiro atoms. The number of hydrogen-bond donors (Lipinski definition) is 1.